The van der Waals surface area contributed by atoms with Gasteiger partial charge in [-0.3, -0.25) is 0 Å². The highest BCUT2D eigenvalue weighted by Gasteiger charge is 2.50. The van der Waals surface area contributed by atoms with Crippen molar-refractivity contribution in [1.29, 1.82) is 0 Å². The molecule has 4 rings (SSSR count). The minimum Gasteiger partial charge on any atom is -0.390 e. The summed E-state index contributed by atoms with van der Waals surface area (Å²) in [5.74, 6) is -0.235. The van der Waals surface area contributed by atoms with Gasteiger partial charge in [-0.05, 0) is 52.4 Å². The van der Waals surface area contributed by atoms with Gasteiger partial charge in [-0.25, -0.2) is 0 Å². The van der Waals surface area contributed by atoms with E-state index in [1.165, 1.54) is 0 Å². The summed E-state index contributed by atoms with van der Waals surface area (Å²) in [5, 5.41) is 85.1. The maximum Gasteiger partial charge on any atom is 0.176 e. The maximum absolute atomic E-state index is 11.1. The Balaban J connectivity index is 1.20. The number of nitrogens with two attached hydrogens (primary N) is 7. The van der Waals surface area contributed by atoms with Gasteiger partial charge in [0, 0.05) is 44.3 Å². The molecule has 0 aromatic rings. The Morgan fingerprint density at radius 2 is 0.983 bits per heavy atom. The Morgan fingerprint density at radius 3 is 1.41 bits per heavy atom. The van der Waals surface area contributed by atoms with E-state index in [2.05, 4.69) is 0 Å². The molecule has 2 aliphatic carbocycles. The molecule has 4 aliphatic rings. The van der Waals surface area contributed by atoms with Gasteiger partial charge in [-0.2, -0.15) is 0 Å². The third kappa shape index (κ3) is 13.1. The minimum atomic E-state index is -1.38. The number of hydrogen-bond donors (Lipinski definition) is 15. The second-order valence-corrected chi connectivity index (χ2v) is 17.1. The van der Waals surface area contributed by atoms with Gasteiger partial charge in [0.2, 0.25) is 0 Å². The molecule has 0 aromatic heterocycles. The molecular formula is C36H75N9O14. The van der Waals surface area contributed by atoms with Crippen molar-refractivity contribution >= 4 is 0 Å². The molecule has 2 aliphatic heterocycles. The van der Waals surface area contributed by atoms with Gasteiger partial charge in [-0.15, -0.1) is 0 Å². The van der Waals surface area contributed by atoms with E-state index in [0.717, 1.165) is 0 Å². The van der Waals surface area contributed by atoms with Crippen molar-refractivity contribution in [2.45, 2.75) is 154 Å². The number of likely N-dealkylation sites (N-methyl/N-ethyl adjacent to an activating group) is 2. The smallest absolute Gasteiger partial charge is 0.176 e. The van der Waals surface area contributed by atoms with E-state index >= 15 is 0 Å². The average molecular weight is 858 g/mol. The van der Waals surface area contributed by atoms with Crippen molar-refractivity contribution in [3.8, 4) is 0 Å². The van der Waals surface area contributed by atoms with Gasteiger partial charge in [0.25, 0.3) is 0 Å². The van der Waals surface area contributed by atoms with Crippen LogP contribution in [-0.2, 0) is 28.4 Å². The molecule has 0 spiro atoms. The van der Waals surface area contributed by atoms with Gasteiger partial charge in [0.1, 0.15) is 61.0 Å². The largest absolute Gasteiger partial charge is 0.390 e. The van der Waals surface area contributed by atoms with E-state index in [0.29, 0.717) is 25.9 Å². The lowest BCUT2D eigenvalue weighted by Gasteiger charge is -2.47. The molecule has 2 saturated carbocycles. The van der Waals surface area contributed by atoms with Crippen LogP contribution in [0.3, 0.4) is 0 Å². The Bertz CT molecular complexity index is 1140. The van der Waals surface area contributed by atoms with Crippen molar-refractivity contribution in [2.75, 3.05) is 66.6 Å². The fourth-order valence-corrected chi connectivity index (χ4v) is 8.39. The van der Waals surface area contributed by atoms with Crippen molar-refractivity contribution in [1.82, 2.24) is 9.80 Å². The zero-order valence-corrected chi connectivity index (χ0v) is 34.4. The van der Waals surface area contributed by atoms with Gasteiger partial charge in [0.15, 0.2) is 12.6 Å². The van der Waals surface area contributed by atoms with Gasteiger partial charge in [-0.1, -0.05) is 6.92 Å². The monoisotopic (exact) mass is 858 g/mol. The van der Waals surface area contributed by atoms with Crippen molar-refractivity contribution in [3.05, 3.63) is 0 Å². The molecule has 2 heterocycles. The number of rotatable bonds is 20. The molecule has 22 N–H and O–H groups in total. The zero-order valence-electron chi connectivity index (χ0n) is 34.4. The molecule has 22 atom stereocenters. The van der Waals surface area contributed by atoms with Gasteiger partial charge in [0.05, 0.1) is 49.7 Å². The summed E-state index contributed by atoms with van der Waals surface area (Å²) in [5.41, 5.74) is 42.5. The van der Waals surface area contributed by atoms with Crippen LogP contribution in [-0.4, -0.2) is 245 Å². The molecule has 0 radical (unpaired) electrons. The topological polar surface area (TPSA) is 406 Å². The van der Waals surface area contributed by atoms with Crippen LogP contribution in [0, 0.1) is 5.92 Å². The van der Waals surface area contributed by atoms with Crippen LogP contribution < -0.4 is 40.1 Å². The number of aliphatic hydroxyl groups is 8. The summed E-state index contributed by atoms with van der Waals surface area (Å²) in [6.45, 7) is 2.96. The first kappa shape index (κ1) is 50.7. The summed E-state index contributed by atoms with van der Waals surface area (Å²) in [4.78, 5) is 3.83. The van der Waals surface area contributed by atoms with E-state index < -0.39 is 128 Å². The number of hydrogen-bond acceptors (Lipinski definition) is 23. The molecule has 4 fully saturated rings. The van der Waals surface area contributed by atoms with E-state index in [1.54, 1.807) is 0 Å². The fraction of sp³-hybridized carbons (Fsp3) is 1.00. The second-order valence-electron chi connectivity index (χ2n) is 17.1. The first-order chi connectivity index (χ1) is 27.8. The molecule has 348 valence electrons. The fourth-order valence-electron chi connectivity index (χ4n) is 8.39. The van der Waals surface area contributed by atoms with Gasteiger partial charge < -0.3 is 119 Å². The Kier molecular flexibility index (Phi) is 19.9. The summed E-state index contributed by atoms with van der Waals surface area (Å²) in [6.07, 6.45) is -16.3. The summed E-state index contributed by atoms with van der Waals surface area (Å²) >= 11 is 0. The SMILES string of the molecule is CC1CC(N)C(OC2OC(CN)C(O)C(O)C2N)C(OCC(O)CN(C)CCCN(C)CC(O)COC2C(O)C(N)CC(N)C2OC2OC(CN)C(O)C(O)C2N)C1O. The van der Waals surface area contributed by atoms with Crippen molar-refractivity contribution < 1.29 is 69.3 Å². The standard InChI is InChI=1S/C36H75N9O14/c1-15-7-19(40)31(58-35-23(42)29(52)27(50)21(9-37)56-35)33(25(15)48)54-13-16(46)11-44(2)5-4-6-45(3)12-17(47)14-55-34-26(49)18(39)8-20(41)32(34)59-36-24(43)30(53)28(51)22(10-38)57-36/h15-36,46-53H,4-14,37-43H2,1-3H3. The van der Waals surface area contributed by atoms with Crippen LogP contribution >= 0.6 is 0 Å². The third-order valence-corrected chi connectivity index (χ3v) is 12.0. The van der Waals surface area contributed by atoms with Crippen molar-refractivity contribution in [3.63, 3.8) is 0 Å². The van der Waals surface area contributed by atoms with Crippen LogP contribution in [0.15, 0.2) is 0 Å². The molecule has 0 aromatic carbocycles. The normalized spacial score (nSPS) is 44.5. The van der Waals surface area contributed by atoms with Crippen LogP contribution in [0.25, 0.3) is 0 Å². The molecule has 22 unspecified atom stereocenters. The van der Waals surface area contributed by atoms with E-state index in [4.69, 9.17) is 68.6 Å². The summed E-state index contributed by atoms with van der Waals surface area (Å²) < 4.78 is 35.6. The highest BCUT2D eigenvalue weighted by molar-refractivity contribution is 5.01. The maximum atomic E-state index is 11.1. The van der Waals surface area contributed by atoms with E-state index in [1.807, 2.05) is 30.8 Å². The minimum absolute atomic E-state index is 0.0876. The molecule has 0 amide bonds. The lowest BCUT2D eigenvalue weighted by atomic mass is 9.80. The van der Waals surface area contributed by atoms with Gasteiger partial charge >= 0.3 is 0 Å². The van der Waals surface area contributed by atoms with Crippen LogP contribution in [0.5, 0.6) is 0 Å². The average Bonchev–Trinajstić information content (AvgIpc) is 3.18. The van der Waals surface area contributed by atoms with E-state index in [9.17, 15) is 40.9 Å². The predicted octanol–water partition coefficient (Wildman–Crippen LogP) is -8.88. The predicted molar refractivity (Wildman–Crippen MR) is 211 cm³/mol. The quantitative estimate of drug-likeness (QED) is 0.0540. The first-order valence-electron chi connectivity index (χ1n) is 20.6. The Hall–Kier alpha value is -0.920. The second kappa shape index (κ2) is 23.1. The Labute approximate surface area is 345 Å². The van der Waals surface area contributed by atoms with E-state index in [-0.39, 0.29) is 51.7 Å². The van der Waals surface area contributed by atoms with Crippen molar-refractivity contribution in [2.24, 2.45) is 46.1 Å². The molecule has 0 bridgehead atoms. The lowest BCUT2D eigenvalue weighted by molar-refractivity contribution is -0.293. The number of aliphatic hydroxyl groups excluding tert-OH is 8. The zero-order chi connectivity index (χ0) is 43.9. The summed E-state index contributed by atoms with van der Waals surface area (Å²) in [6, 6.07) is -4.28. The molecular weight excluding hydrogens is 782 g/mol. The van der Waals surface area contributed by atoms with Crippen LogP contribution in [0.2, 0.25) is 0 Å². The number of ether oxygens (including phenoxy) is 6. The first-order valence-corrected chi connectivity index (χ1v) is 20.6. The molecule has 59 heavy (non-hydrogen) atoms. The Morgan fingerprint density at radius 1 is 0.576 bits per heavy atom. The molecule has 23 heteroatoms. The van der Waals surface area contributed by atoms with Crippen LogP contribution in [0.4, 0.5) is 0 Å². The molecule has 23 nitrogen and oxygen atoms in total. The highest BCUT2D eigenvalue weighted by Crippen LogP contribution is 2.32. The lowest BCUT2D eigenvalue weighted by Crippen LogP contribution is -2.68. The third-order valence-electron chi connectivity index (χ3n) is 12.0. The summed E-state index contributed by atoms with van der Waals surface area (Å²) in [7, 11) is 3.67. The molecule has 2 saturated heterocycles. The number of nitrogens with zero attached hydrogens (tertiary/aromatic N) is 2. The highest BCUT2D eigenvalue weighted by atomic mass is 16.7. The van der Waals surface area contributed by atoms with Crippen LogP contribution in [0.1, 0.15) is 26.2 Å².